The summed E-state index contributed by atoms with van der Waals surface area (Å²) in [5.41, 5.74) is 0.241. The molecule has 0 aliphatic carbocycles. The highest BCUT2D eigenvalue weighted by atomic mass is 79.9. The van der Waals surface area contributed by atoms with E-state index in [-0.39, 0.29) is 16.5 Å². The molecular formula is C10H12BrClFNO2S. The van der Waals surface area contributed by atoms with E-state index in [4.69, 9.17) is 16.7 Å². The van der Waals surface area contributed by atoms with Crippen LogP contribution in [0.5, 0.6) is 0 Å². The Bertz CT molecular complexity index is 521. The van der Waals surface area contributed by atoms with E-state index in [1.54, 1.807) is 6.92 Å². The van der Waals surface area contributed by atoms with Crippen molar-refractivity contribution in [3.8, 4) is 0 Å². The summed E-state index contributed by atoms with van der Waals surface area (Å²) in [6.07, 6.45) is 0.336. The van der Waals surface area contributed by atoms with Crippen LogP contribution >= 0.6 is 27.5 Å². The summed E-state index contributed by atoms with van der Waals surface area (Å²) >= 11 is 8.80. The Morgan fingerprint density at radius 3 is 2.59 bits per heavy atom. The molecule has 1 aromatic rings. The third-order valence-electron chi connectivity index (χ3n) is 2.44. The third kappa shape index (κ3) is 3.91. The maximum Gasteiger partial charge on any atom is 0.212 e. The predicted octanol–water partition coefficient (Wildman–Crippen LogP) is 2.85. The quantitative estimate of drug-likeness (QED) is 0.854. The van der Waals surface area contributed by atoms with Crippen molar-refractivity contribution < 1.29 is 12.8 Å². The van der Waals surface area contributed by atoms with Gasteiger partial charge in [-0.3, -0.25) is 0 Å². The Labute approximate surface area is 113 Å². The molecule has 0 aliphatic heterocycles. The minimum Gasteiger partial charge on any atom is -0.228 e. The highest BCUT2D eigenvalue weighted by Gasteiger charge is 2.22. The molecule has 0 radical (unpaired) electrons. The molecule has 1 rings (SSSR count). The first-order valence-electron chi connectivity index (χ1n) is 4.90. The van der Waals surface area contributed by atoms with Crippen LogP contribution in [0, 0.1) is 5.82 Å². The van der Waals surface area contributed by atoms with E-state index < -0.39 is 21.1 Å². The Morgan fingerprint density at radius 1 is 1.53 bits per heavy atom. The average Bonchev–Trinajstić information content (AvgIpc) is 2.19. The molecule has 17 heavy (non-hydrogen) atoms. The normalized spacial score (nSPS) is 13.7. The number of sulfonamides is 1. The topological polar surface area (TPSA) is 60.2 Å². The highest BCUT2D eigenvalue weighted by Crippen LogP contribution is 2.26. The molecule has 0 saturated carbocycles. The van der Waals surface area contributed by atoms with Crippen molar-refractivity contribution in [1.29, 1.82) is 0 Å². The first-order valence-corrected chi connectivity index (χ1v) is 7.68. The molecule has 0 aromatic heterocycles. The second-order valence-electron chi connectivity index (χ2n) is 3.68. The van der Waals surface area contributed by atoms with E-state index in [1.165, 1.54) is 12.1 Å². The van der Waals surface area contributed by atoms with Gasteiger partial charge in [-0.1, -0.05) is 18.5 Å². The van der Waals surface area contributed by atoms with Gasteiger partial charge < -0.3 is 0 Å². The molecule has 2 N–H and O–H groups in total. The van der Waals surface area contributed by atoms with E-state index in [0.29, 0.717) is 11.4 Å². The third-order valence-corrected chi connectivity index (χ3v) is 4.66. The SMILES string of the molecule is CCC(Cc1cc(Cl)cc(Br)c1F)S(N)(=O)=O. The van der Waals surface area contributed by atoms with Crippen LogP contribution in [0.1, 0.15) is 18.9 Å². The van der Waals surface area contributed by atoms with E-state index in [9.17, 15) is 12.8 Å². The molecule has 0 bridgehead atoms. The van der Waals surface area contributed by atoms with Crippen LogP contribution in [0.2, 0.25) is 5.02 Å². The summed E-state index contributed by atoms with van der Waals surface area (Å²) in [5, 5.41) is 4.61. The molecule has 1 unspecified atom stereocenters. The minimum atomic E-state index is -3.68. The maximum atomic E-state index is 13.7. The van der Waals surface area contributed by atoms with Gasteiger partial charge >= 0.3 is 0 Å². The van der Waals surface area contributed by atoms with Crippen molar-refractivity contribution in [1.82, 2.24) is 0 Å². The zero-order chi connectivity index (χ0) is 13.2. The minimum absolute atomic E-state index is 0.0142. The summed E-state index contributed by atoms with van der Waals surface area (Å²) in [4.78, 5) is 0. The molecule has 1 aromatic carbocycles. The van der Waals surface area contributed by atoms with E-state index in [2.05, 4.69) is 15.9 Å². The van der Waals surface area contributed by atoms with Gasteiger partial charge in [-0.05, 0) is 46.5 Å². The van der Waals surface area contributed by atoms with Gasteiger partial charge in [0.15, 0.2) is 0 Å². The molecule has 0 amide bonds. The van der Waals surface area contributed by atoms with E-state index in [0.717, 1.165) is 0 Å². The molecule has 7 heteroatoms. The van der Waals surface area contributed by atoms with Gasteiger partial charge in [0.2, 0.25) is 10.0 Å². The average molecular weight is 345 g/mol. The molecule has 3 nitrogen and oxygen atoms in total. The second kappa shape index (κ2) is 5.65. The molecule has 96 valence electrons. The molecule has 0 fully saturated rings. The lowest BCUT2D eigenvalue weighted by Crippen LogP contribution is -2.30. The number of benzene rings is 1. The lowest BCUT2D eigenvalue weighted by Gasteiger charge is -2.13. The first-order chi connectivity index (χ1) is 7.75. The zero-order valence-electron chi connectivity index (χ0n) is 9.08. The number of halogens is 3. The summed E-state index contributed by atoms with van der Waals surface area (Å²) in [5.74, 6) is -0.503. The van der Waals surface area contributed by atoms with Gasteiger partial charge in [0, 0.05) is 5.02 Å². The number of hydrogen-bond acceptors (Lipinski definition) is 2. The Kier molecular flexibility index (Phi) is 4.95. The fourth-order valence-electron chi connectivity index (χ4n) is 1.50. The van der Waals surface area contributed by atoms with Gasteiger partial charge in [0.05, 0.1) is 9.72 Å². The Morgan fingerprint density at radius 2 is 2.12 bits per heavy atom. The van der Waals surface area contributed by atoms with Crippen molar-refractivity contribution in [2.45, 2.75) is 25.0 Å². The number of hydrogen-bond donors (Lipinski definition) is 1. The number of primary sulfonamides is 1. The van der Waals surface area contributed by atoms with E-state index >= 15 is 0 Å². The summed E-state index contributed by atoms with van der Waals surface area (Å²) in [6, 6.07) is 2.83. The van der Waals surface area contributed by atoms with Crippen molar-refractivity contribution in [2.24, 2.45) is 5.14 Å². The predicted molar refractivity (Wildman–Crippen MR) is 70.0 cm³/mol. The van der Waals surface area contributed by atoms with Crippen molar-refractivity contribution in [3.05, 3.63) is 33.0 Å². The molecule has 1 atom stereocenters. The van der Waals surface area contributed by atoms with Gasteiger partial charge in [-0.2, -0.15) is 0 Å². The van der Waals surface area contributed by atoms with Gasteiger partial charge in [0.1, 0.15) is 5.82 Å². The summed E-state index contributed by atoms with van der Waals surface area (Å²) in [7, 11) is -3.68. The van der Waals surface area contributed by atoms with Crippen LogP contribution < -0.4 is 5.14 Å². The second-order valence-corrected chi connectivity index (χ2v) is 6.82. The van der Waals surface area contributed by atoms with Crippen LogP contribution in [0.4, 0.5) is 4.39 Å². The number of rotatable bonds is 4. The standard InChI is InChI=1S/C10H12BrClFNO2S/c1-2-8(17(14,15)16)4-6-3-7(12)5-9(11)10(6)13/h3,5,8H,2,4H2,1H3,(H2,14,15,16). The van der Waals surface area contributed by atoms with E-state index in [1.807, 2.05) is 0 Å². The highest BCUT2D eigenvalue weighted by molar-refractivity contribution is 9.10. The molecule has 0 spiro atoms. The molecule has 0 aliphatic rings. The summed E-state index contributed by atoms with van der Waals surface area (Å²) < 4.78 is 36.5. The smallest absolute Gasteiger partial charge is 0.212 e. The maximum absolute atomic E-state index is 13.7. The molecule has 0 heterocycles. The monoisotopic (exact) mass is 343 g/mol. The fraction of sp³-hybridized carbons (Fsp3) is 0.400. The number of nitrogens with two attached hydrogens (primary N) is 1. The van der Waals surface area contributed by atoms with Crippen LogP contribution in [-0.2, 0) is 16.4 Å². The van der Waals surface area contributed by atoms with Crippen molar-refractivity contribution >= 4 is 37.6 Å². The largest absolute Gasteiger partial charge is 0.228 e. The Balaban J connectivity index is 3.10. The van der Waals surface area contributed by atoms with Crippen LogP contribution in [-0.4, -0.2) is 13.7 Å². The van der Waals surface area contributed by atoms with Crippen LogP contribution in [0.25, 0.3) is 0 Å². The van der Waals surface area contributed by atoms with Crippen LogP contribution in [0.3, 0.4) is 0 Å². The lowest BCUT2D eigenvalue weighted by atomic mass is 10.1. The van der Waals surface area contributed by atoms with Crippen molar-refractivity contribution in [2.75, 3.05) is 0 Å². The lowest BCUT2D eigenvalue weighted by molar-refractivity contribution is 0.566. The van der Waals surface area contributed by atoms with Crippen LogP contribution in [0.15, 0.2) is 16.6 Å². The van der Waals surface area contributed by atoms with Gasteiger partial charge in [-0.15, -0.1) is 0 Å². The fourth-order valence-corrected chi connectivity index (χ4v) is 3.25. The van der Waals surface area contributed by atoms with Gasteiger partial charge in [0.25, 0.3) is 0 Å². The molecule has 0 saturated heterocycles. The first kappa shape index (κ1) is 14.9. The zero-order valence-corrected chi connectivity index (χ0v) is 12.2. The Hall–Kier alpha value is -0.170. The van der Waals surface area contributed by atoms with Crippen molar-refractivity contribution in [3.63, 3.8) is 0 Å². The van der Waals surface area contributed by atoms with Gasteiger partial charge in [-0.25, -0.2) is 17.9 Å². The molecular weight excluding hydrogens is 333 g/mol. The summed E-state index contributed by atoms with van der Waals surface area (Å²) in [6.45, 7) is 1.69.